The molecule has 2 rings (SSSR count). The van der Waals surface area contributed by atoms with Crippen LogP contribution in [-0.2, 0) is 4.79 Å². The maximum Gasteiger partial charge on any atom is 0.325 e. The highest BCUT2D eigenvalue weighted by Gasteiger charge is 2.26. The zero-order valence-electron chi connectivity index (χ0n) is 12.3. The fourth-order valence-electron chi connectivity index (χ4n) is 2.71. The number of nitrogens with one attached hydrogen (secondary N) is 1. The first-order valence-corrected chi connectivity index (χ1v) is 7.49. The third kappa shape index (κ3) is 4.44. The molecular formula is C16H23NO4. The molecule has 0 aliphatic heterocycles. The third-order valence-electron chi connectivity index (χ3n) is 3.87. The Hall–Kier alpha value is -1.59. The molecular weight excluding hydrogens is 270 g/mol. The lowest BCUT2D eigenvalue weighted by Gasteiger charge is -2.29. The summed E-state index contributed by atoms with van der Waals surface area (Å²) < 4.78 is 5.37. The van der Waals surface area contributed by atoms with E-state index in [2.05, 4.69) is 5.32 Å². The van der Waals surface area contributed by atoms with E-state index in [1.54, 1.807) is 24.3 Å². The molecule has 0 radical (unpaired) electrons. The summed E-state index contributed by atoms with van der Waals surface area (Å²) in [6, 6.07) is 6.58. The Labute approximate surface area is 124 Å². The van der Waals surface area contributed by atoms with Gasteiger partial charge in [0.05, 0.1) is 12.7 Å². The van der Waals surface area contributed by atoms with E-state index in [0.717, 1.165) is 37.0 Å². The number of carbonyl (C=O) groups is 1. The summed E-state index contributed by atoms with van der Waals surface area (Å²) in [5.74, 6) is -0.142. The molecule has 1 aliphatic carbocycles. The predicted molar refractivity (Wildman–Crippen MR) is 79.4 cm³/mol. The summed E-state index contributed by atoms with van der Waals surface area (Å²) in [5.41, 5.74) is 0.720. The fourth-order valence-corrected chi connectivity index (χ4v) is 2.71. The number of carboxylic acids is 1. The molecule has 1 atom stereocenters. The van der Waals surface area contributed by atoms with Crippen molar-refractivity contribution in [2.45, 2.75) is 50.8 Å². The van der Waals surface area contributed by atoms with Crippen LogP contribution in [0.5, 0.6) is 5.75 Å². The SMILES string of the molecule is CCOc1ccc(C(NC2CCC(O)CC2)C(=O)O)cc1. The van der Waals surface area contributed by atoms with Crippen LogP contribution in [0.1, 0.15) is 44.2 Å². The van der Waals surface area contributed by atoms with Gasteiger partial charge in [-0.05, 0) is 50.3 Å². The molecule has 1 unspecified atom stereocenters. The Morgan fingerprint density at radius 3 is 2.43 bits per heavy atom. The van der Waals surface area contributed by atoms with Gasteiger partial charge in [0.15, 0.2) is 0 Å². The topological polar surface area (TPSA) is 78.8 Å². The van der Waals surface area contributed by atoms with Gasteiger partial charge in [0, 0.05) is 6.04 Å². The smallest absolute Gasteiger partial charge is 0.325 e. The zero-order chi connectivity index (χ0) is 15.2. The molecule has 1 saturated carbocycles. The first kappa shape index (κ1) is 15.8. The van der Waals surface area contributed by atoms with Crippen LogP contribution < -0.4 is 10.1 Å². The molecule has 0 amide bonds. The summed E-state index contributed by atoms with van der Waals surface area (Å²) in [6.07, 6.45) is 2.83. The monoisotopic (exact) mass is 293 g/mol. The Bertz CT molecular complexity index is 452. The van der Waals surface area contributed by atoms with Gasteiger partial charge in [0.25, 0.3) is 0 Å². The van der Waals surface area contributed by atoms with E-state index < -0.39 is 12.0 Å². The van der Waals surface area contributed by atoms with Gasteiger partial charge in [-0.25, -0.2) is 0 Å². The molecule has 0 saturated heterocycles. The van der Waals surface area contributed by atoms with Crippen molar-refractivity contribution in [3.05, 3.63) is 29.8 Å². The van der Waals surface area contributed by atoms with Gasteiger partial charge in [-0.3, -0.25) is 10.1 Å². The van der Waals surface area contributed by atoms with E-state index in [-0.39, 0.29) is 12.1 Å². The maximum absolute atomic E-state index is 11.5. The fraction of sp³-hybridized carbons (Fsp3) is 0.562. The molecule has 1 aromatic rings. The first-order chi connectivity index (χ1) is 10.1. The molecule has 3 N–H and O–H groups in total. The number of rotatable bonds is 6. The average Bonchev–Trinajstić information content (AvgIpc) is 2.48. The van der Waals surface area contributed by atoms with Crippen molar-refractivity contribution < 1.29 is 19.7 Å². The Kier molecular flexibility index (Phi) is 5.59. The van der Waals surface area contributed by atoms with E-state index >= 15 is 0 Å². The number of aliphatic carboxylic acids is 1. The van der Waals surface area contributed by atoms with Crippen LogP contribution in [0.3, 0.4) is 0 Å². The summed E-state index contributed by atoms with van der Waals surface area (Å²) in [4.78, 5) is 11.5. The van der Waals surface area contributed by atoms with Crippen LogP contribution in [0.2, 0.25) is 0 Å². The van der Waals surface area contributed by atoms with Crippen molar-refractivity contribution in [3.8, 4) is 5.75 Å². The van der Waals surface area contributed by atoms with Crippen LogP contribution in [0.4, 0.5) is 0 Å². The van der Waals surface area contributed by atoms with Gasteiger partial charge < -0.3 is 14.9 Å². The molecule has 0 spiro atoms. The Balaban J connectivity index is 2.02. The molecule has 0 aromatic heterocycles. The van der Waals surface area contributed by atoms with E-state index in [1.807, 2.05) is 6.92 Å². The predicted octanol–water partition coefficient (Wildman–Crippen LogP) is 2.10. The van der Waals surface area contributed by atoms with Crippen LogP contribution in [0.15, 0.2) is 24.3 Å². The van der Waals surface area contributed by atoms with Gasteiger partial charge in [-0.1, -0.05) is 12.1 Å². The molecule has 116 valence electrons. The third-order valence-corrected chi connectivity index (χ3v) is 3.87. The lowest BCUT2D eigenvalue weighted by atomic mass is 9.92. The number of hydrogen-bond donors (Lipinski definition) is 3. The lowest BCUT2D eigenvalue weighted by Crippen LogP contribution is -2.40. The van der Waals surface area contributed by atoms with Gasteiger partial charge in [0.2, 0.25) is 0 Å². The molecule has 21 heavy (non-hydrogen) atoms. The van der Waals surface area contributed by atoms with Gasteiger partial charge in [-0.2, -0.15) is 0 Å². The average molecular weight is 293 g/mol. The van der Waals surface area contributed by atoms with Crippen molar-refractivity contribution in [2.75, 3.05) is 6.61 Å². The summed E-state index contributed by atoms with van der Waals surface area (Å²) in [6.45, 7) is 2.50. The maximum atomic E-state index is 11.5. The van der Waals surface area contributed by atoms with Crippen molar-refractivity contribution in [1.82, 2.24) is 5.32 Å². The first-order valence-electron chi connectivity index (χ1n) is 7.49. The number of ether oxygens (including phenoxy) is 1. The van der Waals surface area contributed by atoms with E-state index in [9.17, 15) is 15.0 Å². The Morgan fingerprint density at radius 1 is 1.29 bits per heavy atom. The summed E-state index contributed by atoms with van der Waals surface area (Å²) in [5, 5.41) is 22.1. The van der Waals surface area contributed by atoms with Gasteiger partial charge in [-0.15, -0.1) is 0 Å². The van der Waals surface area contributed by atoms with Gasteiger partial charge >= 0.3 is 5.97 Å². The van der Waals surface area contributed by atoms with Crippen LogP contribution in [0, 0.1) is 0 Å². The number of benzene rings is 1. The van der Waals surface area contributed by atoms with E-state index in [4.69, 9.17) is 4.74 Å². The number of aliphatic hydroxyl groups is 1. The normalized spacial score (nSPS) is 23.5. The minimum Gasteiger partial charge on any atom is -0.494 e. The molecule has 5 nitrogen and oxygen atoms in total. The van der Waals surface area contributed by atoms with Crippen molar-refractivity contribution in [1.29, 1.82) is 0 Å². The molecule has 1 aromatic carbocycles. The number of hydrogen-bond acceptors (Lipinski definition) is 4. The summed E-state index contributed by atoms with van der Waals surface area (Å²) in [7, 11) is 0. The number of aliphatic hydroxyl groups excluding tert-OH is 1. The minimum atomic E-state index is -0.884. The molecule has 5 heteroatoms. The molecule has 0 bridgehead atoms. The van der Waals surface area contributed by atoms with Crippen molar-refractivity contribution >= 4 is 5.97 Å². The van der Waals surface area contributed by atoms with Crippen LogP contribution >= 0.6 is 0 Å². The highest BCUT2D eigenvalue weighted by atomic mass is 16.5. The second-order valence-corrected chi connectivity index (χ2v) is 5.45. The molecule has 1 aliphatic rings. The standard InChI is InChI=1S/C16H23NO4/c1-2-21-14-9-3-11(4-10-14)15(16(19)20)17-12-5-7-13(18)8-6-12/h3-4,9-10,12-13,15,17-18H,2,5-8H2,1H3,(H,19,20). The molecule has 0 heterocycles. The minimum absolute atomic E-state index is 0.140. The summed E-state index contributed by atoms with van der Waals surface area (Å²) >= 11 is 0. The second-order valence-electron chi connectivity index (χ2n) is 5.45. The Morgan fingerprint density at radius 2 is 1.90 bits per heavy atom. The quantitative estimate of drug-likeness (QED) is 0.748. The van der Waals surface area contributed by atoms with Crippen LogP contribution in [-0.4, -0.2) is 34.9 Å². The lowest BCUT2D eigenvalue weighted by molar-refractivity contribution is -0.140. The molecule has 1 fully saturated rings. The largest absolute Gasteiger partial charge is 0.494 e. The highest BCUT2D eigenvalue weighted by Crippen LogP contribution is 2.23. The van der Waals surface area contributed by atoms with Crippen molar-refractivity contribution in [2.24, 2.45) is 0 Å². The van der Waals surface area contributed by atoms with Crippen molar-refractivity contribution in [3.63, 3.8) is 0 Å². The highest BCUT2D eigenvalue weighted by molar-refractivity contribution is 5.75. The zero-order valence-corrected chi connectivity index (χ0v) is 12.3. The second kappa shape index (κ2) is 7.43. The van der Waals surface area contributed by atoms with Gasteiger partial charge in [0.1, 0.15) is 11.8 Å². The number of carboxylic acid groups (broad SMARTS) is 1. The van der Waals surface area contributed by atoms with E-state index in [0.29, 0.717) is 6.61 Å². The van der Waals surface area contributed by atoms with E-state index in [1.165, 1.54) is 0 Å². The van der Waals surface area contributed by atoms with Crippen LogP contribution in [0.25, 0.3) is 0 Å².